The molecule has 3 saturated heterocycles. The van der Waals surface area contributed by atoms with Crippen molar-refractivity contribution in [3.05, 3.63) is 0 Å². The van der Waals surface area contributed by atoms with E-state index in [2.05, 4.69) is 9.80 Å². The summed E-state index contributed by atoms with van der Waals surface area (Å²) in [6.45, 7) is 0.957. The predicted octanol–water partition coefficient (Wildman–Crippen LogP) is -1.42. The lowest BCUT2D eigenvalue weighted by atomic mass is 9.90. The lowest BCUT2D eigenvalue weighted by molar-refractivity contribution is -0.0954. The third-order valence-electron chi connectivity index (χ3n) is 4.53. The van der Waals surface area contributed by atoms with E-state index >= 15 is 0 Å². The van der Waals surface area contributed by atoms with E-state index in [9.17, 15) is 15.3 Å². The second kappa shape index (κ2) is 3.65. The average molecular weight is 228 g/mol. The molecule has 0 radical (unpaired) electrons. The number of hydrogen-bond acceptors (Lipinski definition) is 5. The van der Waals surface area contributed by atoms with E-state index in [0.717, 1.165) is 25.8 Å². The summed E-state index contributed by atoms with van der Waals surface area (Å²) in [5, 5.41) is 30.1. The highest BCUT2D eigenvalue weighted by molar-refractivity contribution is 5.09. The van der Waals surface area contributed by atoms with Gasteiger partial charge in [0.15, 0.2) is 0 Å². The van der Waals surface area contributed by atoms with Crippen molar-refractivity contribution in [2.75, 3.05) is 13.6 Å². The Morgan fingerprint density at radius 1 is 1.00 bits per heavy atom. The molecule has 3 aliphatic rings. The highest BCUT2D eigenvalue weighted by atomic mass is 16.3. The lowest BCUT2D eigenvalue weighted by Gasteiger charge is -2.49. The van der Waals surface area contributed by atoms with Crippen LogP contribution in [0.15, 0.2) is 0 Å². The van der Waals surface area contributed by atoms with Gasteiger partial charge in [0.25, 0.3) is 0 Å². The fraction of sp³-hybridized carbons (Fsp3) is 1.00. The van der Waals surface area contributed by atoms with Crippen LogP contribution in [0, 0.1) is 0 Å². The Morgan fingerprint density at radius 2 is 1.75 bits per heavy atom. The topological polar surface area (TPSA) is 67.2 Å². The number of aliphatic hydroxyl groups excluding tert-OH is 3. The van der Waals surface area contributed by atoms with Crippen LogP contribution in [0.4, 0.5) is 0 Å². The van der Waals surface area contributed by atoms with E-state index in [-0.39, 0.29) is 12.2 Å². The van der Waals surface area contributed by atoms with Gasteiger partial charge in [-0.1, -0.05) is 0 Å². The molecule has 5 nitrogen and oxygen atoms in total. The van der Waals surface area contributed by atoms with E-state index in [1.165, 1.54) is 0 Å². The number of rotatable bonds is 0. The molecular weight excluding hydrogens is 208 g/mol. The number of piperidine rings is 1. The first kappa shape index (κ1) is 10.9. The van der Waals surface area contributed by atoms with Crippen molar-refractivity contribution in [1.29, 1.82) is 0 Å². The molecule has 3 rings (SSSR count). The highest BCUT2D eigenvalue weighted by Crippen LogP contribution is 2.40. The predicted molar refractivity (Wildman–Crippen MR) is 57.7 cm³/mol. The zero-order valence-electron chi connectivity index (χ0n) is 9.53. The van der Waals surface area contributed by atoms with Crippen molar-refractivity contribution in [3.8, 4) is 0 Å². The number of hydrogen-bond donors (Lipinski definition) is 3. The van der Waals surface area contributed by atoms with Crippen molar-refractivity contribution in [3.63, 3.8) is 0 Å². The van der Waals surface area contributed by atoms with Crippen LogP contribution in [0.2, 0.25) is 0 Å². The maximum absolute atomic E-state index is 10.1. The average Bonchev–Trinajstić information content (AvgIpc) is 2.53. The molecule has 3 fully saturated rings. The van der Waals surface area contributed by atoms with Crippen molar-refractivity contribution >= 4 is 0 Å². The standard InChI is InChI=1S/C11H20N2O3/c1-12-5-4-6-2-3-7(14)8-9(15)10(16)11(12)13(6)8/h6-11,14-16H,2-5H2,1H3/t6?,7-,8-,9+,10+,11?/m1/s1. The van der Waals surface area contributed by atoms with Crippen LogP contribution in [-0.2, 0) is 0 Å². The summed E-state index contributed by atoms with van der Waals surface area (Å²) in [7, 11) is 1.97. The fourth-order valence-corrected chi connectivity index (χ4v) is 3.74. The third-order valence-corrected chi connectivity index (χ3v) is 4.53. The Labute approximate surface area is 95.3 Å². The van der Waals surface area contributed by atoms with Crippen LogP contribution in [0.3, 0.4) is 0 Å². The van der Waals surface area contributed by atoms with Gasteiger partial charge in [-0.05, 0) is 26.3 Å². The molecule has 3 heterocycles. The monoisotopic (exact) mass is 228 g/mol. The number of likely N-dealkylation sites (N-methyl/N-ethyl adjacent to an activating group) is 1. The summed E-state index contributed by atoms with van der Waals surface area (Å²) < 4.78 is 0. The SMILES string of the molecule is CN1CCC2CC[C@@H](O)[C@@H]3[C@H](O)[C@H](O)C1N23. The van der Waals surface area contributed by atoms with Gasteiger partial charge in [0.05, 0.1) is 18.3 Å². The summed E-state index contributed by atoms with van der Waals surface area (Å²) >= 11 is 0. The Hall–Kier alpha value is -0.200. The first-order valence-electron chi connectivity index (χ1n) is 6.13. The van der Waals surface area contributed by atoms with E-state index in [1.807, 2.05) is 7.05 Å². The van der Waals surface area contributed by atoms with Gasteiger partial charge in [0.2, 0.25) is 0 Å². The van der Waals surface area contributed by atoms with Crippen molar-refractivity contribution in [2.45, 2.75) is 55.8 Å². The molecule has 6 atom stereocenters. The molecule has 0 amide bonds. The molecule has 2 unspecified atom stereocenters. The van der Waals surface area contributed by atoms with E-state index in [4.69, 9.17) is 0 Å². The van der Waals surface area contributed by atoms with Gasteiger partial charge >= 0.3 is 0 Å². The summed E-state index contributed by atoms with van der Waals surface area (Å²) in [5.41, 5.74) is 0. The zero-order valence-corrected chi connectivity index (χ0v) is 9.53. The number of nitrogens with zero attached hydrogens (tertiary/aromatic N) is 2. The Bertz CT molecular complexity index is 262. The van der Waals surface area contributed by atoms with Crippen molar-refractivity contribution < 1.29 is 15.3 Å². The molecule has 0 spiro atoms. The zero-order chi connectivity index (χ0) is 11.4. The van der Waals surface area contributed by atoms with Crippen LogP contribution < -0.4 is 0 Å². The summed E-state index contributed by atoms with van der Waals surface area (Å²) in [6.07, 6.45) is 0.586. The molecule has 0 aromatic carbocycles. The third kappa shape index (κ3) is 1.29. The molecule has 3 aliphatic heterocycles. The second-order valence-electron chi connectivity index (χ2n) is 5.40. The van der Waals surface area contributed by atoms with Crippen LogP contribution in [-0.4, -0.2) is 75.3 Å². The van der Waals surface area contributed by atoms with E-state index in [0.29, 0.717) is 6.04 Å². The van der Waals surface area contributed by atoms with Crippen molar-refractivity contribution in [1.82, 2.24) is 9.80 Å². The minimum Gasteiger partial charge on any atom is -0.391 e. The molecule has 5 heteroatoms. The fourth-order valence-electron chi connectivity index (χ4n) is 3.74. The van der Waals surface area contributed by atoms with Crippen LogP contribution >= 0.6 is 0 Å². The quantitative estimate of drug-likeness (QED) is 0.475. The second-order valence-corrected chi connectivity index (χ2v) is 5.40. The lowest BCUT2D eigenvalue weighted by Crippen LogP contribution is -2.62. The smallest absolute Gasteiger partial charge is 0.110 e. The first-order chi connectivity index (χ1) is 7.61. The van der Waals surface area contributed by atoms with Gasteiger partial charge in [-0.2, -0.15) is 0 Å². The van der Waals surface area contributed by atoms with Crippen molar-refractivity contribution in [2.24, 2.45) is 0 Å². The maximum atomic E-state index is 10.1. The molecule has 0 aromatic heterocycles. The van der Waals surface area contributed by atoms with Gasteiger partial charge in [-0.15, -0.1) is 0 Å². The van der Waals surface area contributed by atoms with Crippen LogP contribution in [0.5, 0.6) is 0 Å². The Balaban J connectivity index is 1.95. The van der Waals surface area contributed by atoms with Gasteiger partial charge in [0.1, 0.15) is 12.2 Å². The maximum Gasteiger partial charge on any atom is 0.110 e. The summed E-state index contributed by atoms with van der Waals surface area (Å²) in [6, 6.07) is 0.142. The minimum absolute atomic E-state index is 0.117. The molecule has 3 N–H and O–H groups in total. The summed E-state index contributed by atoms with van der Waals surface area (Å²) in [5.74, 6) is 0. The van der Waals surface area contributed by atoms with Crippen LogP contribution in [0.25, 0.3) is 0 Å². The Morgan fingerprint density at radius 3 is 2.50 bits per heavy atom. The molecule has 0 aromatic rings. The summed E-state index contributed by atoms with van der Waals surface area (Å²) in [4.78, 5) is 4.23. The Kier molecular flexibility index (Phi) is 2.49. The highest BCUT2D eigenvalue weighted by Gasteiger charge is 2.57. The number of aliphatic hydroxyl groups is 3. The van der Waals surface area contributed by atoms with Gasteiger partial charge in [0, 0.05) is 12.6 Å². The van der Waals surface area contributed by atoms with Gasteiger partial charge in [-0.3, -0.25) is 9.80 Å². The molecular formula is C11H20N2O3. The van der Waals surface area contributed by atoms with Gasteiger partial charge in [-0.25, -0.2) is 0 Å². The van der Waals surface area contributed by atoms with E-state index < -0.39 is 18.3 Å². The molecule has 92 valence electrons. The minimum atomic E-state index is -0.816. The van der Waals surface area contributed by atoms with Gasteiger partial charge < -0.3 is 15.3 Å². The molecule has 16 heavy (non-hydrogen) atoms. The normalized spacial score (nSPS) is 54.0. The van der Waals surface area contributed by atoms with E-state index in [1.54, 1.807) is 0 Å². The molecule has 0 bridgehead atoms. The molecule has 0 saturated carbocycles. The largest absolute Gasteiger partial charge is 0.391 e. The molecule has 0 aliphatic carbocycles. The van der Waals surface area contributed by atoms with Crippen LogP contribution in [0.1, 0.15) is 19.3 Å². The first-order valence-corrected chi connectivity index (χ1v) is 6.13.